The Bertz CT molecular complexity index is 340. The van der Waals surface area contributed by atoms with Gasteiger partial charge >= 0.3 is 0 Å². The topological polar surface area (TPSA) is 58.1 Å². The molecule has 5 nitrogen and oxygen atoms in total. The Morgan fingerprint density at radius 2 is 2.29 bits per heavy atom. The van der Waals surface area contributed by atoms with Gasteiger partial charge < -0.3 is 10.2 Å². The second kappa shape index (κ2) is 3.79. The maximum Gasteiger partial charge on any atom is 0.239 e. The van der Waals surface area contributed by atoms with Crippen molar-refractivity contribution in [1.82, 2.24) is 15.5 Å². The van der Waals surface area contributed by atoms with Crippen LogP contribution in [0.5, 0.6) is 0 Å². The number of halogens is 1. The lowest BCUT2D eigenvalue weighted by molar-refractivity contribution is -0.120. The van der Waals surface area contributed by atoms with E-state index in [9.17, 15) is 4.79 Å². The summed E-state index contributed by atoms with van der Waals surface area (Å²) in [6, 6.07) is 3.42. The van der Waals surface area contributed by atoms with E-state index in [0.29, 0.717) is 24.1 Å². The highest BCUT2D eigenvalue weighted by Gasteiger charge is 2.17. The minimum Gasteiger partial charge on any atom is -0.353 e. The SMILES string of the molecule is O=C1CN(c2ccc(Cl)nn2)CCN1. The van der Waals surface area contributed by atoms with Gasteiger partial charge in [0, 0.05) is 13.1 Å². The molecule has 1 saturated heterocycles. The van der Waals surface area contributed by atoms with E-state index in [4.69, 9.17) is 11.6 Å². The van der Waals surface area contributed by atoms with Crippen LogP contribution in [0.25, 0.3) is 0 Å². The van der Waals surface area contributed by atoms with E-state index in [1.807, 2.05) is 4.90 Å². The average Bonchev–Trinajstić information content (AvgIpc) is 2.19. The van der Waals surface area contributed by atoms with Crippen molar-refractivity contribution < 1.29 is 4.79 Å². The first kappa shape index (κ1) is 9.21. The number of nitrogens with one attached hydrogen (secondary N) is 1. The third-order valence-electron chi connectivity index (χ3n) is 1.98. The number of hydrogen-bond acceptors (Lipinski definition) is 4. The highest BCUT2D eigenvalue weighted by molar-refractivity contribution is 6.29. The number of hydrogen-bond donors (Lipinski definition) is 1. The first-order valence-electron chi connectivity index (χ1n) is 4.26. The van der Waals surface area contributed by atoms with Gasteiger partial charge in [-0.15, -0.1) is 10.2 Å². The van der Waals surface area contributed by atoms with Gasteiger partial charge in [0.1, 0.15) is 0 Å². The molecule has 0 spiro atoms. The summed E-state index contributed by atoms with van der Waals surface area (Å²) in [5.41, 5.74) is 0. The van der Waals surface area contributed by atoms with Gasteiger partial charge in [-0.2, -0.15) is 0 Å². The van der Waals surface area contributed by atoms with Crippen LogP contribution in [0, 0.1) is 0 Å². The number of piperazine rings is 1. The van der Waals surface area contributed by atoms with Crippen LogP contribution in [-0.2, 0) is 4.79 Å². The monoisotopic (exact) mass is 212 g/mol. The summed E-state index contributed by atoms with van der Waals surface area (Å²) in [7, 11) is 0. The first-order valence-corrected chi connectivity index (χ1v) is 4.64. The molecule has 1 aliphatic heterocycles. The molecule has 1 aromatic heterocycles. The van der Waals surface area contributed by atoms with Crippen molar-refractivity contribution in [2.75, 3.05) is 24.5 Å². The zero-order valence-electron chi connectivity index (χ0n) is 7.40. The standard InChI is InChI=1S/C8H9ClN4O/c9-6-1-2-7(12-11-6)13-4-3-10-8(14)5-13/h1-2H,3-5H2,(H,10,14). The lowest BCUT2D eigenvalue weighted by Crippen LogP contribution is -2.48. The fourth-order valence-electron chi connectivity index (χ4n) is 1.31. The van der Waals surface area contributed by atoms with Gasteiger partial charge in [0.05, 0.1) is 6.54 Å². The molecule has 0 saturated carbocycles. The molecule has 2 rings (SSSR count). The van der Waals surface area contributed by atoms with E-state index in [0.717, 1.165) is 6.54 Å². The average molecular weight is 213 g/mol. The Labute approximate surface area is 86.1 Å². The number of rotatable bonds is 1. The van der Waals surface area contributed by atoms with Gasteiger partial charge in [-0.05, 0) is 12.1 Å². The normalized spacial score (nSPS) is 16.6. The van der Waals surface area contributed by atoms with Crippen molar-refractivity contribution in [2.45, 2.75) is 0 Å². The van der Waals surface area contributed by atoms with Crippen LogP contribution in [0.2, 0.25) is 5.15 Å². The van der Waals surface area contributed by atoms with Gasteiger partial charge in [-0.25, -0.2) is 0 Å². The number of amides is 1. The van der Waals surface area contributed by atoms with Crippen molar-refractivity contribution in [3.63, 3.8) is 0 Å². The summed E-state index contributed by atoms with van der Waals surface area (Å²) >= 11 is 5.61. The van der Waals surface area contributed by atoms with E-state index < -0.39 is 0 Å². The summed E-state index contributed by atoms with van der Waals surface area (Å²) in [6.07, 6.45) is 0. The van der Waals surface area contributed by atoms with Gasteiger partial charge in [-0.1, -0.05) is 11.6 Å². The van der Waals surface area contributed by atoms with Crippen molar-refractivity contribution >= 4 is 23.3 Å². The molecule has 14 heavy (non-hydrogen) atoms. The van der Waals surface area contributed by atoms with E-state index in [-0.39, 0.29) is 5.91 Å². The summed E-state index contributed by atoms with van der Waals surface area (Å²) in [5, 5.41) is 10.7. The molecule has 0 aromatic carbocycles. The predicted octanol–water partition coefficient (Wildman–Crippen LogP) is 0.0662. The molecule has 2 heterocycles. The smallest absolute Gasteiger partial charge is 0.239 e. The Morgan fingerprint density at radius 3 is 2.93 bits per heavy atom. The van der Waals surface area contributed by atoms with Gasteiger partial charge in [-0.3, -0.25) is 4.79 Å². The first-order chi connectivity index (χ1) is 6.75. The lowest BCUT2D eigenvalue weighted by Gasteiger charge is -2.26. The Balaban J connectivity index is 2.14. The van der Waals surface area contributed by atoms with Crippen molar-refractivity contribution in [1.29, 1.82) is 0 Å². The second-order valence-electron chi connectivity index (χ2n) is 2.99. The van der Waals surface area contributed by atoms with E-state index in [1.165, 1.54) is 0 Å². The lowest BCUT2D eigenvalue weighted by atomic mass is 10.3. The van der Waals surface area contributed by atoms with Crippen molar-refractivity contribution in [3.8, 4) is 0 Å². The Kier molecular flexibility index (Phi) is 2.49. The maximum atomic E-state index is 11.1. The molecule has 1 aliphatic rings. The zero-order chi connectivity index (χ0) is 9.97. The summed E-state index contributed by atoms with van der Waals surface area (Å²) in [6.45, 7) is 1.72. The van der Waals surface area contributed by atoms with E-state index >= 15 is 0 Å². The molecule has 6 heteroatoms. The van der Waals surface area contributed by atoms with Crippen molar-refractivity contribution in [3.05, 3.63) is 17.3 Å². The molecule has 0 unspecified atom stereocenters. The van der Waals surface area contributed by atoms with Crippen molar-refractivity contribution in [2.24, 2.45) is 0 Å². The maximum absolute atomic E-state index is 11.1. The minimum atomic E-state index is 0.00741. The second-order valence-corrected chi connectivity index (χ2v) is 3.37. The molecule has 0 bridgehead atoms. The number of aromatic nitrogens is 2. The van der Waals surface area contributed by atoms with Crippen LogP contribution in [0.1, 0.15) is 0 Å². The quantitative estimate of drug-likeness (QED) is 0.716. The molecule has 1 N–H and O–H groups in total. The third-order valence-corrected chi connectivity index (χ3v) is 2.18. The van der Waals surface area contributed by atoms with Crippen LogP contribution >= 0.6 is 11.6 Å². The minimum absolute atomic E-state index is 0.00741. The molecule has 1 fully saturated rings. The number of anilines is 1. The molecule has 0 radical (unpaired) electrons. The van der Waals surface area contributed by atoms with Crippen LogP contribution < -0.4 is 10.2 Å². The van der Waals surface area contributed by atoms with Crippen LogP contribution in [-0.4, -0.2) is 35.7 Å². The fourth-order valence-corrected chi connectivity index (χ4v) is 1.41. The number of carbonyl (C=O) groups excluding carboxylic acids is 1. The van der Waals surface area contributed by atoms with Gasteiger partial charge in [0.2, 0.25) is 5.91 Å². The van der Waals surface area contributed by atoms with Crippen LogP contribution in [0.4, 0.5) is 5.82 Å². The summed E-state index contributed by atoms with van der Waals surface area (Å²) in [5.74, 6) is 0.692. The van der Waals surface area contributed by atoms with E-state index in [1.54, 1.807) is 12.1 Å². The zero-order valence-corrected chi connectivity index (χ0v) is 8.16. The molecule has 0 aliphatic carbocycles. The molecular formula is C8H9ClN4O. The molecule has 0 atom stereocenters. The van der Waals surface area contributed by atoms with Gasteiger partial charge in [0.15, 0.2) is 11.0 Å². The number of nitrogens with zero attached hydrogens (tertiary/aromatic N) is 3. The van der Waals surface area contributed by atoms with Gasteiger partial charge in [0.25, 0.3) is 0 Å². The predicted molar refractivity (Wildman–Crippen MR) is 52.3 cm³/mol. The third kappa shape index (κ3) is 1.93. The Morgan fingerprint density at radius 1 is 1.43 bits per heavy atom. The number of carbonyl (C=O) groups is 1. The fraction of sp³-hybridized carbons (Fsp3) is 0.375. The molecule has 1 aromatic rings. The molecular weight excluding hydrogens is 204 g/mol. The molecule has 1 amide bonds. The summed E-state index contributed by atoms with van der Waals surface area (Å²) < 4.78 is 0. The summed E-state index contributed by atoms with van der Waals surface area (Å²) in [4.78, 5) is 12.9. The highest BCUT2D eigenvalue weighted by Crippen LogP contribution is 2.12. The molecule has 74 valence electrons. The van der Waals surface area contributed by atoms with Crippen LogP contribution in [0.3, 0.4) is 0 Å². The Hall–Kier alpha value is -1.36. The van der Waals surface area contributed by atoms with Crippen LogP contribution in [0.15, 0.2) is 12.1 Å². The van der Waals surface area contributed by atoms with E-state index in [2.05, 4.69) is 15.5 Å². The highest BCUT2D eigenvalue weighted by atomic mass is 35.5. The largest absolute Gasteiger partial charge is 0.353 e.